The molecule has 112 valence electrons. The van der Waals surface area contributed by atoms with Crippen molar-refractivity contribution >= 4 is 17.2 Å². The number of nitrogens with one attached hydrogen (secondary N) is 1. The van der Waals surface area contributed by atoms with Gasteiger partial charge in [-0.15, -0.1) is 0 Å². The molecule has 3 heterocycles. The first-order valence-corrected chi connectivity index (χ1v) is 7.96. The Morgan fingerprint density at radius 3 is 2.90 bits per heavy atom. The quantitative estimate of drug-likeness (QED) is 0.947. The molecule has 2 atom stereocenters. The Morgan fingerprint density at radius 1 is 1.48 bits per heavy atom. The monoisotopic (exact) mass is 305 g/mol. The molecule has 1 aliphatic heterocycles. The van der Waals surface area contributed by atoms with Gasteiger partial charge in [0.25, 0.3) is 5.91 Å². The Bertz CT molecular complexity index is 662. The SMILES string of the molecule is Cc1cscc1C(=O)N[C@H]1CCO[C@@H]1c1cnn(C)c1C. The largest absolute Gasteiger partial charge is 0.371 e. The summed E-state index contributed by atoms with van der Waals surface area (Å²) in [5, 5.41) is 11.3. The zero-order valence-corrected chi connectivity index (χ0v) is 13.2. The maximum Gasteiger partial charge on any atom is 0.252 e. The molecule has 2 aromatic heterocycles. The predicted molar refractivity (Wildman–Crippen MR) is 81.6 cm³/mol. The lowest BCUT2D eigenvalue weighted by atomic mass is 10.0. The molecule has 1 aliphatic rings. The van der Waals surface area contributed by atoms with Crippen molar-refractivity contribution in [2.75, 3.05) is 6.61 Å². The Balaban J connectivity index is 1.77. The van der Waals surface area contributed by atoms with Gasteiger partial charge in [-0.05, 0) is 31.2 Å². The van der Waals surface area contributed by atoms with Gasteiger partial charge in [0.15, 0.2) is 0 Å². The average Bonchev–Trinajstić information content (AvgIpc) is 3.14. The van der Waals surface area contributed by atoms with Gasteiger partial charge in [-0.25, -0.2) is 0 Å². The molecule has 0 aromatic carbocycles. The van der Waals surface area contributed by atoms with Crippen LogP contribution >= 0.6 is 11.3 Å². The number of ether oxygens (including phenoxy) is 1. The number of hydrogen-bond donors (Lipinski definition) is 1. The third-order valence-electron chi connectivity index (χ3n) is 4.09. The van der Waals surface area contributed by atoms with Gasteiger partial charge in [-0.1, -0.05) is 0 Å². The lowest BCUT2D eigenvalue weighted by Gasteiger charge is -2.19. The third kappa shape index (κ3) is 2.61. The Kier molecular flexibility index (Phi) is 3.82. The number of carbonyl (C=O) groups excluding carboxylic acids is 1. The van der Waals surface area contributed by atoms with Gasteiger partial charge in [-0.3, -0.25) is 9.48 Å². The Morgan fingerprint density at radius 2 is 2.29 bits per heavy atom. The lowest BCUT2D eigenvalue weighted by Crippen LogP contribution is -2.37. The van der Waals surface area contributed by atoms with Crippen molar-refractivity contribution in [1.82, 2.24) is 15.1 Å². The summed E-state index contributed by atoms with van der Waals surface area (Å²) in [6.45, 7) is 4.64. The fraction of sp³-hybridized carbons (Fsp3) is 0.467. The molecule has 2 aromatic rings. The molecule has 5 nitrogen and oxygen atoms in total. The highest BCUT2D eigenvalue weighted by Gasteiger charge is 2.33. The van der Waals surface area contributed by atoms with E-state index in [2.05, 4.69) is 10.4 Å². The average molecular weight is 305 g/mol. The molecular weight excluding hydrogens is 286 g/mol. The summed E-state index contributed by atoms with van der Waals surface area (Å²) >= 11 is 1.55. The van der Waals surface area contributed by atoms with Crippen molar-refractivity contribution in [3.8, 4) is 0 Å². The van der Waals surface area contributed by atoms with Gasteiger partial charge in [0.2, 0.25) is 0 Å². The van der Waals surface area contributed by atoms with Gasteiger partial charge >= 0.3 is 0 Å². The van der Waals surface area contributed by atoms with Crippen LogP contribution in [0.1, 0.15) is 39.7 Å². The summed E-state index contributed by atoms with van der Waals surface area (Å²) in [4.78, 5) is 12.4. The van der Waals surface area contributed by atoms with Crippen molar-refractivity contribution < 1.29 is 9.53 Å². The van der Waals surface area contributed by atoms with Crippen LogP contribution in [0.5, 0.6) is 0 Å². The normalized spacial score (nSPS) is 21.7. The zero-order chi connectivity index (χ0) is 15.0. The first-order chi connectivity index (χ1) is 10.1. The van der Waals surface area contributed by atoms with E-state index in [9.17, 15) is 4.79 Å². The topological polar surface area (TPSA) is 56.1 Å². The minimum absolute atomic E-state index is 0.000278. The van der Waals surface area contributed by atoms with Crippen molar-refractivity contribution in [2.45, 2.75) is 32.4 Å². The molecule has 1 fully saturated rings. The van der Waals surface area contributed by atoms with E-state index in [1.54, 1.807) is 11.3 Å². The van der Waals surface area contributed by atoms with Gasteiger partial charge < -0.3 is 10.1 Å². The number of rotatable bonds is 3. The van der Waals surface area contributed by atoms with Crippen LogP contribution in [0, 0.1) is 13.8 Å². The molecule has 1 saturated heterocycles. The standard InChI is InChI=1S/C15H19N3O2S/c1-9-7-21-8-12(9)15(19)17-13-4-5-20-14(13)11-6-16-18(3)10(11)2/h6-8,13-14H,4-5H2,1-3H3,(H,17,19)/t13-,14+/m0/s1. The molecule has 1 amide bonds. The second-order valence-electron chi connectivity index (χ2n) is 5.44. The Hall–Kier alpha value is -1.66. The van der Waals surface area contributed by atoms with E-state index >= 15 is 0 Å². The predicted octanol–water partition coefficient (Wildman–Crippen LogP) is 2.36. The van der Waals surface area contributed by atoms with Crippen molar-refractivity contribution in [3.63, 3.8) is 0 Å². The van der Waals surface area contributed by atoms with E-state index in [-0.39, 0.29) is 18.1 Å². The van der Waals surface area contributed by atoms with Crippen LogP contribution in [0.3, 0.4) is 0 Å². The molecule has 0 saturated carbocycles. The van der Waals surface area contributed by atoms with Crippen LogP contribution in [0.2, 0.25) is 0 Å². The maximum atomic E-state index is 12.4. The number of aromatic nitrogens is 2. The van der Waals surface area contributed by atoms with Crippen LogP contribution < -0.4 is 5.32 Å². The van der Waals surface area contributed by atoms with Crippen molar-refractivity contribution in [3.05, 3.63) is 39.3 Å². The fourth-order valence-electron chi connectivity index (χ4n) is 2.68. The van der Waals surface area contributed by atoms with Gasteiger partial charge in [0, 0.05) is 30.3 Å². The summed E-state index contributed by atoms with van der Waals surface area (Å²) in [6, 6.07) is -0.000278. The van der Waals surface area contributed by atoms with Crippen LogP contribution in [-0.4, -0.2) is 28.3 Å². The molecular formula is C15H19N3O2S. The molecule has 0 aliphatic carbocycles. The van der Waals surface area contributed by atoms with Crippen LogP contribution in [0.25, 0.3) is 0 Å². The van der Waals surface area contributed by atoms with Crippen LogP contribution in [0.15, 0.2) is 17.0 Å². The second-order valence-corrected chi connectivity index (χ2v) is 6.18. The first kappa shape index (κ1) is 14.3. The van der Waals surface area contributed by atoms with Crippen molar-refractivity contribution in [1.29, 1.82) is 0 Å². The Labute approximate surface area is 127 Å². The summed E-state index contributed by atoms with van der Waals surface area (Å²) < 4.78 is 7.66. The number of carbonyl (C=O) groups is 1. The van der Waals surface area contributed by atoms with E-state index in [1.165, 1.54) is 0 Å². The molecule has 0 unspecified atom stereocenters. The smallest absolute Gasteiger partial charge is 0.252 e. The highest BCUT2D eigenvalue weighted by molar-refractivity contribution is 7.08. The summed E-state index contributed by atoms with van der Waals surface area (Å²) in [7, 11) is 1.91. The summed E-state index contributed by atoms with van der Waals surface area (Å²) in [5.74, 6) is -0.0178. The number of nitrogens with zero attached hydrogens (tertiary/aromatic N) is 2. The molecule has 0 spiro atoms. The summed E-state index contributed by atoms with van der Waals surface area (Å²) in [5.41, 5.74) is 3.91. The van der Waals surface area contributed by atoms with E-state index in [1.807, 2.05) is 42.5 Å². The number of hydrogen-bond acceptors (Lipinski definition) is 4. The molecule has 3 rings (SSSR count). The van der Waals surface area contributed by atoms with E-state index < -0.39 is 0 Å². The molecule has 0 radical (unpaired) electrons. The zero-order valence-electron chi connectivity index (χ0n) is 12.4. The van der Waals surface area contributed by atoms with Gasteiger partial charge in [0.05, 0.1) is 17.8 Å². The molecule has 0 bridgehead atoms. The van der Waals surface area contributed by atoms with E-state index in [0.717, 1.165) is 28.8 Å². The van der Waals surface area contributed by atoms with E-state index in [4.69, 9.17) is 4.74 Å². The highest BCUT2D eigenvalue weighted by atomic mass is 32.1. The first-order valence-electron chi connectivity index (χ1n) is 7.01. The molecule has 6 heteroatoms. The van der Waals surface area contributed by atoms with E-state index in [0.29, 0.717) is 6.61 Å². The maximum absolute atomic E-state index is 12.4. The number of thiophene rings is 1. The summed E-state index contributed by atoms with van der Waals surface area (Å²) in [6.07, 6.45) is 2.55. The number of amides is 1. The molecule has 1 N–H and O–H groups in total. The third-order valence-corrected chi connectivity index (χ3v) is 4.95. The minimum atomic E-state index is -0.110. The number of aryl methyl sites for hydroxylation is 2. The minimum Gasteiger partial charge on any atom is -0.371 e. The van der Waals surface area contributed by atoms with Crippen LogP contribution in [0.4, 0.5) is 0 Å². The van der Waals surface area contributed by atoms with Crippen LogP contribution in [-0.2, 0) is 11.8 Å². The fourth-order valence-corrected chi connectivity index (χ4v) is 3.51. The second kappa shape index (κ2) is 5.61. The highest BCUT2D eigenvalue weighted by Crippen LogP contribution is 2.31. The molecule has 21 heavy (non-hydrogen) atoms. The van der Waals surface area contributed by atoms with Gasteiger partial charge in [-0.2, -0.15) is 16.4 Å². The van der Waals surface area contributed by atoms with Crippen molar-refractivity contribution in [2.24, 2.45) is 7.05 Å². The van der Waals surface area contributed by atoms with Gasteiger partial charge in [0.1, 0.15) is 6.10 Å². The lowest BCUT2D eigenvalue weighted by molar-refractivity contribution is 0.0819.